The Labute approximate surface area is 88.7 Å². The lowest BCUT2D eigenvalue weighted by Gasteiger charge is -2.46. The number of nitrogens with zero attached hydrogens (tertiary/aromatic N) is 4. The molecule has 0 unspecified atom stereocenters. The van der Waals surface area contributed by atoms with Gasteiger partial charge in [-0.2, -0.15) is 0 Å². The molecule has 0 aromatic carbocycles. The Morgan fingerprint density at radius 2 is 2.27 bits per heavy atom. The number of hydrogen-bond acceptors (Lipinski definition) is 4. The van der Waals surface area contributed by atoms with Crippen LogP contribution in [0.2, 0.25) is 0 Å². The Morgan fingerprint density at radius 3 is 2.80 bits per heavy atom. The topological polar surface area (TPSA) is 54.2 Å². The molecular weight excluding hydrogens is 192 g/mol. The normalized spacial score (nSPS) is 25.2. The minimum Gasteiger partial charge on any atom is -0.387 e. The standard InChI is InChI=1S/C10H16N4O/c1-13-4-9(11-12-13)5-14-6-10(15,7-14)8-2-3-8/h4,8,15H,2-3,5-7H2,1H3. The van der Waals surface area contributed by atoms with Crippen LogP contribution in [-0.2, 0) is 13.6 Å². The van der Waals surface area contributed by atoms with E-state index in [4.69, 9.17) is 0 Å². The van der Waals surface area contributed by atoms with Gasteiger partial charge in [0.2, 0.25) is 0 Å². The van der Waals surface area contributed by atoms with Crippen molar-refractivity contribution >= 4 is 0 Å². The maximum absolute atomic E-state index is 10.1. The van der Waals surface area contributed by atoms with E-state index >= 15 is 0 Å². The van der Waals surface area contributed by atoms with Crippen molar-refractivity contribution in [2.75, 3.05) is 13.1 Å². The average molecular weight is 208 g/mol. The third kappa shape index (κ3) is 1.66. The van der Waals surface area contributed by atoms with Crippen LogP contribution in [0.15, 0.2) is 6.20 Å². The molecule has 15 heavy (non-hydrogen) atoms. The molecule has 1 aliphatic heterocycles. The van der Waals surface area contributed by atoms with Crippen LogP contribution in [0.25, 0.3) is 0 Å². The largest absolute Gasteiger partial charge is 0.387 e. The maximum Gasteiger partial charge on any atom is 0.0967 e. The number of likely N-dealkylation sites (tertiary alicyclic amines) is 1. The summed E-state index contributed by atoms with van der Waals surface area (Å²) in [6.45, 7) is 2.41. The summed E-state index contributed by atoms with van der Waals surface area (Å²) >= 11 is 0. The van der Waals surface area contributed by atoms with Crippen LogP contribution in [-0.4, -0.2) is 43.7 Å². The van der Waals surface area contributed by atoms with Crippen LogP contribution in [0.3, 0.4) is 0 Å². The highest BCUT2D eigenvalue weighted by molar-refractivity contribution is 5.07. The molecule has 5 heteroatoms. The van der Waals surface area contributed by atoms with Gasteiger partial charge >= 0.3 is 0 Å². The van der Waals surface area contributed by atoms with E-state index in [1.807, 2.05) is 13.2 Å². The second kappa shape index (κ2) is 3.02. The van der Waals surface area contributed by atoms with Crippen molar-refractivity contribution in [3.63, 3.8) is 0 Å². The van der Waals surface area contributed by atoms with E-state index in [-0.39, 0.29) is 5.60 Å². The highest BCUT2D eigenvalue weighted by atomic mass is 16.3. The summed E-state index contributed by atoms with van der Waals surface area (Å²) in [6.07, 6.45) is 4.33. The summed E-state index contributed by atoms with van der Waals surface area (Å²) < 4.78 is 1.71. The van der Waals surface area contributed by atoms with E-state index in [1.54, 1.807) is 4.68 Å². The first-order chi connectivity index (χ1) is 7.16. The molecule has 82 valence electrons. The van der Waals surface area contributed by atoms with Gasteiger partial charge in [0.25, 0.3) is 0 Å². The molecule has 2 heterocycles. The second-order valence-corrected chi connectivity index (χ2v) is 4.91. The summed E-state index contributed by atoms with van der Waals surface area (Å²) in [4.78, 5) is 2.22. The Hall–Kier alpha value is -0.940. The predicted octanol–water partition coefficient (Wildman–Crippen LogP) is -0.228. The minimum atomic E-state index is -0.387. The van der Waals surface area contributed by atoms with Gasteiger partial charge in [0.15, 0.2) is 0 Å². The van der Waals surface area contributed by atoms with Crippen molar-refractivity contribution in [2.45, 2.75) is 25.0 Å². The monoisotopic (exact) mass is 208 g/mol. The van der Waals surface area contributed by atoms with Crippen LogP contribution in [0.4, 0.5) is 0 Å². The lowest BCUT2D eigenvalue weighted by atomic mass is 9.89. The molecule has 0 radical (unpaired) electrons. The minimum absolute atomic E-state index is 0.387. The van der Waals surface area contributed by atoms with Crippen LogP contribution in [0, 0.1) is 5.92 Å². The van der Waals surface area contributed by atoms with Gasteiger partial charge in [-0.05, 0) is 18.8 Å². The zero-order chi connectivity index (χ0) is 10.5. The van der Waals surface area contributed by atoms with Crippen LogP contribution in [0.1, 0.15) is 18.5 Å². The first-order valence-electron chi connectivity index (χ1n) is 5.46. The molecule has 1 aliphatic carbocycles. The number of rotatable bonds is 3. The highest BCUT2D eigenvalue weighted by Crippen LogP contribution is 2.44. The van der Waals surface area contributed by atoms with Crippen molar-refractivity contribution in [1.82, 2.24) is 19.9 Å². The molecule has 3 rings (SSSR count). The lowest BCUT2D eigenvalue weighted by molar-refractivity contribution is -0.117. The fourth-order valence-electron chi connectivity index (χ4n) is 2.42. The third-order valence-corrected chi connectivity index (χ3v) is 3.37. The highest BCUT2D eigenvalue weighted by Gasteiger charge is 2.51. The van der Waals surface area contributed by atoms with Gasteiger partial charge in [0.05, 0.1) is 11.3 Å². The molecule has 2 aliphatic rings. The first kappa shape index (κ1) is 9.30. The summed E-state index contributed by atoms with van der Waals surface area (Å²) in [7, 11) is 1.87. The van der Waals surface area contributed by atoms with Gasteiger partial charge in [0, 0.05) is 32.9 Å². The zero-order valence-corrected chi connectivity index (χ0v) is 8.93. The van der Waals surface area contributed by atoms with Gasteiger partial charge in [0.1, 0.15) is 0 Å². The number of hydrogen-bond donors (Lipinski definition) is 1. The van der Waals surface area contributed by atoms with Crippen molar-refractivity contribution < 1.29 is 5.11 Å². The summed E-state index contributed by atoms with van der Waals surface area (Å²) in [5, 5.41) is 18.0. The van der Waals surface area contributed by atoms with E-state index < -0.39 is 0 Å². The molecule has 0 bridgehead atoms. The molecular formula is C10H16N4O. The molecule has 5 nitrogen and oxygen atoms in total. The summed E-state index contributed by atoms with van der Waals surface area (Å²) in [5.74, 6) is 0.565. The first-order valence-corrected chi connectivity index (χ1v) is 5.46. The molecule has 1 aromatic heterocycles. The number of β-amino-alcohol motifs (C(OH)–C–C–N with tert-alkyl or cyclic N) is 1. The molecule has 1 saturated carbocycles. The SMILES string of the molecule is Cn1cc(CN2CC(O)(C3CC3)C2)nn1. The maximum atomic E-state index is 10.1. The molecule has 0 spiro atoms. The van der Waals surface area contributed by atoms with Gasteiger partial charge in [-0.15, -0.1) is 5.10 Å². The molecule has 2 fully saturated rings. The Balaban J connectivity index is 1.55. The summed E-state index contributed by atoms with van der Waals surface area (Å²) in [5.41, 5.74) is 0.595. The fraction of sp³-hybridized carbons (Fsp3) is 0.800. The number of aromatic nitrogens is 3. The molecule has 1 saturated heterocycles. The Kier molecular flexibility index (Phi) is 1.87. The quantitative estimate of drug-likeness (QED) is 0.745. The van der Waals surface area contributed by atoms with Crippen molar-refractivity contribution in [1.29, 1.82) is 0 Å². The second-order valence-electron chi connectivity index (χ2n) is 4.91. The van der Waals surface area contributed by atoms with E-state index in [1.165, 1.54) is 12.8 Å². The fourth-order valence-corrected chi connectivity index (χ4v) is 2.42. The Morgan fingerprint density at radius 1 is 1.53 bits per heavy atom. The Bertz CT molecular complexity index is 365. The van der Waals surface area contributed by atoms with Gasteiger partial charge < -0.3 is 5.11 Å². The molecule has 0 atom stereocenters. The molecule has 1 aromatic rings. The predicted molar refractivity (Wildman–Crippen MR) is 54.0 cm³/mol. The van der Waals surface area contributed by atoms with Gasteiger partial charge in [-0.1, -0.05) is 5.21 Å². The van der Waals surface area contributed by atoms with Crippen LogP contribution in [0.5, 0.6) is 0 Å². The number of aliphatic hydroxyl groups is 1. The van der Waals surface area contributed by atoms with Crippen molar-refractivity contribution in [2.24, 2.45) is 13.0 Å². The van der Waals surface area contributed by atoms with E-state index in [9.17, 15) is 5.11 Å². The molecule has 1 N–H and O–H groups in total. The summed E-state index contributed by atoms with van der Waals surface area (Å²) in [6, 6.07) is 0. The van der Waals surface area contributed by atoms with E-state index in [2.05, 4.69) is 15.2 Å². The lowest BCUT2D eigenvalue weighted by Crippen LogP contribution is -2.62. The number of aryl methyl sites for hydroxylation is 1. The van der Waals surface area contributed by atoms with Gasteiger partial charge in [-0.3, -0.25) is 9.58 Å². The van der Waals surface area contributed by atoms with Gasteiger partial charge in [-0.25, -0.2) is 0 Å². The smallest absolute Gasteiger partial charge is 0.0967 e. The average Bonchev–Trinajstić information content (AvgIpc) is 2.90. The van der Waals surface area contributed by atoms with E-state index in [0.29, 0.717) is 5.92 Å². The zero-order valence-electron chi connectivity index (χ0n) is 8.93. The van der Waals surface area contributed by atoms with Crippen molar-refractivity contribution in [3.8, 4) is 0 Å². The van der Waals surface area contributed by atoms with Crippen molar-refractivity contribution in [3.05, 3.63) is 11.9 Å². The molecule has 0 amide bonds. The van der Waals surface area contributed by atoms with Crippen LogP contribution < -0.4 is 0 Å². The van der Waals surface area contributed by atoms with Crippen LogP contribution >= 0.6 is 0 Å². The van der Waals surface area contributed by atoms with E-state index in [0.717, 1.165) is 25.3 Å². The third-order valence-electron chi connectivity index (χ3n) is 3.37.